The monoisotopic (exact) mass is 471 g/mol. The number of fused-ring (bicyclic) bond motifs is 5. The van der Waals surface area contributed by atoms with Crippen LogP contribution >= 0.6 is 22.6 Å². The molecule has 3 heterocycles. The highest BCUT2D eigenvalue weighted by atomic mass is 127. The third-order valence-corrected chi connectivity index (χ3v) is 5.53. The predicted molar refractivity (Wildman–Crippen MR) is 112 cm³/mol. The molecule has 4 aromatic rings. The first-order chi connectivity index (χ1) is 13.1. The fraction of sp³-hybridized carbons (Fsp3) is 0.150. The molecule has 2 aromatic carbocycles. The second-order valence-corrected chi connectivity index (χ2v) is 7.63. The molecule has 0 atom stereocenters. The summed E-state index contributed by atoms with van der Waals surface area (Å²) in [5, 5.41) is 1.51. The highest BCUT2D eigenvalue weighted by Gasteiger charge is 2.25. The van der Waals surface area contributed by atoms with Gasteiger partial charge in [0.25, 0.3) is 5.56 Å². The van der Waals surface area contributed by atoms with Crippen LogP contribution in [0.5, 0.6) is 11.5 Å². The maximum atomic E-state index is 13.0. The van der Waals surface area contributed by atoms with E-state index >= 15 is 0 Å². The van der Waals surface area contributed by atoms with Gasteiger partial charge in [-0.2, -0.15) is 0 Å². The number of nitrogens with zero attached hydrogens (tertiary/aromatic N) is 3. The second kappa shape index (κ2) is 5.91. The van der Waals surface area contributed by atoms with Crippen molar-refractivity contribution >= 4 is 44.4 Å². The zero-order chi connectivity index (χ0) is 18.7. The number of hydrogen-bond donors (Lipinski definition) is 0. The molecule has 1 aliphatic heterocycles. The van der Waals surface area contributed by atoms with Crippen molar-refractivity contribution in [3.63, 3.8) is 0 Å². The van der Waals surface area contributed by atoms with E-state index in [4.69, 9.17) is 19.4 Å². The average Bonchev–Trinajstić information content (AvgIpc) is 3.04. The fourth-order valence-corrected chi connectivity index (χ4v) is 4.04. The SMILES string of the molecule is COc1cc(OC)c2cc3c(nc2c1)-c1nc2ccc(I)cc2c(=O)n1C3. The van der Waals surface area contributed by atoms with E-state index in [1.165, 1.54) is 0 Å². The predicted octanol–water partition coefficient (Wildman–Crippen LogP) is 3.60. The summed E-state index contributed by atoms with van der Waals surface area (Å²) in [5.74, 6) is 1.96. The molecule has 5 rings (SSSR count). The first kappa shape index (κ1) is 16.5. The summed E-state index contributed by atoms with van der Waals surface area (Å²) in [6, 6.07) is 11.4. The van der Waals surface area contributed by atoms with E-state index in [1.807, 2.05) is 36.4 Å². The number of methoxy groups -OCH3 is 2. The van der Waals surface area contributed by atoms with Crippen molar-refractivity contribution in [3.8, 4) is 23.0 Å². The van der Waals surface area contributed by atoms with Crippen molar-refractivity contribution in [2.24, 2.45) is 0 Å². The summed E-state index contributed by atoms with van der Waals surface area (Å²) in [7, 11) is 3.23. The minimum atomic E-state index is -0.0416. The van der Waals surface area contributed by atoms with E-state index in [2.05, 4.69) is 22.6 Å². The first-order valence-electron chi connectivity index (χ1n) is 8.35. The number of benzene rings is 2. The Morgan fingerprint density at radius 3 is 2.63 bits per heavy atom. The van der Waals surface area contributed by atoms with Crippen LogP contribution in [0.3, 0.4) is 0 Å². The first-order valence-corrected chi connectivity index (χ1v) is 9.43. The van der Waals surface area contributed by atoms with Gasteiger partial charge >= 0.3 is 0 Å². The van der Waals surface area contributed by atoms with Gasteiger partial charge in [0.1, 0.15) is 17.2 Å². The van der Waals surface area contributed by atoms with Gasteiger partial charge in [-0.05, 0) is 46.9 Å². The number of rotatable bonds is 2. The Labute approximate surface area is 167 Å². The number of aromatic nitrogens is 3. The lowest BCUT2D eigenvalue weighted by atomic mass is 10.1. The Balaban J connectivity index is 1.82. The molecular weight excluding hydrogens is 457 g/mol. The van der Waals surface area contributed by atoms with Crippen molar-refractivity contribution < 1.29 is 9.47 Å². The van der Waals surface area contributed by atoms with Gasteiger partial charge in [-0.25, -0.2) is 9.97 Å². The summed E-state index contributed by atoms with van der Waals surface area (Å²) >= 11 is 2.20. The van der Waals surface area contributed by atoms with Gasteiger partial charge in [0, 0.05) is 26.7 Å². The normalized spacial score (nSPS) is 12.3. The van der Waals surface area contributed by atoms with Crippen LogP contribution in [-0.2, 0) is 6.54 Å². The van der Waals surface area contributed by atoms with Crippen LogP contribution in [0.25, 0.3) is 33.3 Å². The number of halogens is 1. The molecule has 27 heavy (non-hydrogen) atoms. The summed E-state index contributed by atoms with van der Waals surface area (Å²) in [5.41, 5.74) is 3.08. The van der Waals surface area contributed by atoms with Crippen LogP contribution in [0.1, 0.15) is 5.56 Å². The van der Waals surface area contributed by atoms with E-state index in [1.54, 1.807) is 18.8 Å². The average molecular weight is 471 g/mol. The van der Waals surface area contributed by atoms with Crippen LogP contribution in [0.2, 0.25) is 0 Å². The third kappa shape index (κ3) is 2.41. The van der Waals surface area contributed by atoms with Crippen molar-refractivity contribution in [1.82, 2.24) is 14.5 Å². The molecule has 0 amide bonds. The van der Waals surface area contributed by atoms with Gasteiger partial charge in [-0.3, -0.25) is 9.36 Å². The maximum Gasteiger partial charge on any atom is 0.262 e. The number of hydrogen-bond acceptors (Lipinski definition) is 5. The topological polar surface area (TPSA) is 66.2 Å². The molecule has 0 unspecified atom stereocenters. The van der Waals surface area contributed by atoms with Crippen molar-refractivity contribution in [2.45, 2.75) is 6.54 Å². The van der Waals surface area contributed by atoms with Crippen molar-refractivity contribution in [1.29, 1.82) is 0 Å². The van der Waals surface area contributed by atoms with Crippen molar-refractivity contribution in [2.75, 3.05) is 14.2 Å². The Morgan fingerprint density at radius 1 is 1.00 bits per heavy atom. The van der Waals surface area contributed by atoms with Crippen LogP contribution in [0.4, 0.5) is 0 Å². The summed E-state index contributed by atoms with van der Waals surface area (Å²) in [6.07, 6.45) is 0. The standard InChI is InChI=1S/C20H14IN3O3/c1-26-12-7-16-13(17(8-12)27-2)5-10-9-24-19(18(10)22-16)23-15-4-3-11(21)6-14(15)20(24)25/h3-8H,9H2,1-2H3. The molecule has 7 heteroatoms. The largest absolute Gasteiger partial charge is 0.497 e. The summed E-state index contributed by atoms with van der Waals surface area (Å²) in [6.45, 7) is 0.454. The maximum absolute atomic E-state index is 13.0. The lowest BCUT2D eigenvalue weighted by molar-refractivity contribution is 0.398. The lowest BCUT2D eigenvalue weighted by Gasteiger charge is -2.09. The molecule has 6 nitrogen and oxygen atoms in total. The van der Waals surface area contributed by atoms with Gasteiger partial charge in [0.15, 0.2) is 5.82 Å². The molecule has 134 valence electrons. The zero-order valence-corrected chi connectivity index (χ0v) is 16.8. The lowest BCUT2D eigenvalue weighted by Crippen LogP contribution is -2.20. The Hall–Kier alpha value is -2.68. The molecule has 0 bridgehead atoms. The fourth-order valence-electron chi connectivity index (χ4n) is 3.55. The molecule has 0 saturated heterocycles. The Bertz CT molecular complexity index is 1310. The molecule has 0 spiro atoms. The van der Waals surface area contributed by atoms with Gasteiger partial charge < -0.3 is 9.47 Å². The smallest absolute Gasteiger partial charge is 0.262 e. The minimum Gasteiger partial charge on any atom is -0.497 e. The highest BCUT2D eigenvalue weighted by Crippen LogP contribution is 2.36. The Kier molecular flexibility index (Phi) is 3.61. The zero-order valence-electron chi connectivity index (χ0n) is 14.6. The molecule has 0 fully saturated rings. The molecular formula is C20H14IN3O3. The van der Waals surface area contributed by atoms with E-state index in [9.17, 15) is 4.79 Å². The van der Waals surface area contributed by atoms with Crippen LogP contribution in [0, 0.1) is 3.57 Å². The molecule has 0 aliphatic carbocycles. The quantitative estimate of drug-likeness (QED) is 0.369. The van der Waals surface area contributed by atoms with Gasteiger partial charge in [-0.15, -0.1) is 0 Å². The molecule has 0 radical (unpaired) electrons. The number of ether oxygens (including phenoxy) is 2. The summed E-state index contributed by atoms with van der Waals surface area (Å²) in [4.78, 5) is 22.5. The molecule has 2 aromatic heterocycles. The Morgan fingerprint density at radius 2 is 1.85 bits per heavy atom. The van der Waals surface area contributed by atoms with E-state index in [0.29, 0.717) is 34.8 Å². The second-order valence-electron chi connectivity index (χ2n) is 6.38. The molecule has 0 saturated carbocycles. The van der Waals surface area contributed by atoms with E-state index in [0.717, 1.165) is 25.7 Å². The highest BCUT2D eigenvalue weighted by molar-refractivity contribution is 14.1. The molecule has 1 aliphatic rings. The van der Waals surface area contributed by atoms with Gasteiger partial charge in [0.05, 0.1) is 37.2 Å². The third-order valence-electron chi connectivity index (χ3n) is 4.86. The van der Waals surface area contributed by atoms with Gasteiger partial charge in [-0.1, -0.05) is 0 Å². The van der Waals surface area contributed by atoms with E-state index in [-0.39, 0.29) is 5.56 Å². The van der Waals surface area contributed by atoms with Crippen LogP contribution < -0.4 is 15.0 Å². The van der Waals surface area contributed by atoms with E-state index < -0.39 is 0 Å². The van der Waals surface area contributed by atoms with Crippen molar-refractivity contribution in [3.05, 3.63) is 55.9 Å². The van der Waals surface area contributed by atoms with Gasteiger partial charge in [0.2, 0.25) is 0 Å². The number of pyridine rings is 1. The minimum absolute atomic E-state index is 0.0416. The molecule has 0 N–H and O–H groups in total. The summed E-state index contributed by atoms with van der Waals surface area (Å²) < 4.78 is 13.6. The van der Waals surface area contributed by atoms with Crippen LogP contribution in [-0.4, -0.2) is 28.8 Å². The van der Waals surface area contributed by atoms with Crippen LogP contribution in [0.15, 0.2) is 41.2 Å².